The highest BCUT2D eigenvalue weighted by Gasteiger charge is 2.22. The molecule has 0 saturated carbocycles. The Morgan fingerprint density at radius 2 is 1.77 bits per heavy atom. The summed E-state index contributed by atoms with van der Waals surface area (Å²) in [7, 11) is 0. The Bertz CT molecular complexity index is 839. The highest BCUT2D eigenvalue weighted by molar-refractivity contribution is 5.89. The minimum absolute atomic E-state index is 0.558. The summed E-state index contributed by atoms with van der Waals surface area (Å²) in [4.78, 5) is 26.3. The summed E-state index contributed by atoms with van der Waals surface area (Å²) in [5, 5.41) is 20.4. The molecule has 3 rings (SSSR count). The molecule has 0 unspecified atom stereocenters. The van der Waals surface area contributed by atoms with Gasteiger partial charge in [-0.2, -0.15) is 0 Å². The number of aromatic nitrogens is 1. The molecule has 2 aromatic rings. The molecule has 7 heteroatoms. The summed E-state index contributed by atoms with van der Waals surface area (Å²) < 4.78 is 0. The summed E-state index contributed by atoms with van der Waals surface area (Å²) >= 11 is 0. The van der Waals surface area contributed by atoms with Crippen LogP contribution in [0.25, 0.3) is 10.9 Å². The number of piperidine rings is 1. The predicted octanol–water partition coefficient (Wildman–Crippen LogP) is 3.16. The van der Waals surface area contributed by atoms with Crippen LogP contribution in [0.1, 0.15) is 32.3 Å². The molecule has 1 aliphatic rings. The Morgan fingerprint density at radius 3 is 2.37 bits per heavy atom. The highest BCUT2D eigenvalue weighted by Crippen LogP contribution is 2.22. The van der Waals surface area contributed by atoms with Crippen molar-refractivity contribution in [3.63, 3.8) is 0 Å². The average molecular weight is 414 g/mol. The summed E-state index contributed by atoms with van der Waals surface area (Å²) in [6.07, 6.45) is 5.59. The molecule has 0 amide bonds. The van der Waals surface area contributed by atoms with Gasteiger partial charge < -0.3 is 15.5 Å². The van der Waals surface area contributed by atoms with E-state index in [-0.39, 0.29) is 0 Å². The lowest BCUT2D eigenvalue weighted by Gasteiger charge is -2.36. The third-order valence-electron chi connectivity index (χ3n) is 4.91. The van der Waals surface area contributed by atoms with Crippen LogP contribution in [0.3, 0.4) is 0 Å². The van der Waals surface area contributed by atoms with Gasteiger partial charge >= 0.3 is 11.9 Å². The number of carboxylic acid groups (broad SMARTS) is 2. The van der Waals surface area contributed by atoms with Crippen LogP contribution in [0.4, 0.5) is 0 Å². The number of nitrogens with zero attached hydrogens (tertiary/aromatic N) is 2. The molecule has 1 aromatic heterocycles. The summed E-state index contributed by atoms with van der Waals surface area (Å²) in [6, 6.07) is 11.4. The van der Waals surface area contributed by atoms with E-state index in [0.717, 1.165) is 25.2 Å². The third kappa shape index (κ3) is 7.93. The van der Waals surface area contributed by atoms with E-state index in [1.54, 1.807) is 0 Å². The van der Waals surface area contributed by atoms with Crippen LogP contribution in [0.5, 0.6) is 0 Å². The Balaban J connectivity index is 0.000000343. The lowest BCUT2D eigenvalue weighted by atomic mass is 10.0. The van der Waals surface area contributed by atoms with Crippen molar-refractivity contribution in [1.82, 2.24) is 15.2 Å². The van der Waals surface area contributed by atoms with Crippen LogP contribution < -0.4 is 5.32 Å². The van der Waals surface area contributed by atoms with Gasteiger partial charge in [0.05, 0.1) is 5.52 Å². The zero-order valence-corrected chi connectivity index (χ0v) is 17.6. The van der Waals surface area contributed by atoms with E-state index in [0.29, 0.717) is 24.1 Å². The molecular formula is C23H31N3O4. The van der Waals surface area contributed by atoms with Crippen molar-refractivity contribution in [2.45, 2.75) is 39.3 Å². The van der Waals surface area contributed by atoms with Gasteiger partial charge in [0, 0.05) is 42.9 Å². The second kappa shape index (κ2) is 12.0. The first-order valence-electron chi connectivity index (χ1n) is 10.3. The lowest BCUT2D eigenvalue weighted by Crippen LogP contribution is -2.44. The number of nitrogens with one attached hydrogen (secondary N) is 1. The normalized spacial score (nSPS) is 14.8. The standard InChI is InChI=1S/C19H27N3.C4H4O4/c1-15(2)13-22(17-8-10-20-11-9-17)14-16-7-12-21-19-6-4-3-5-18(16)19;5-3(6)1-2-4(7)8/h3-7,12,15,17,20H,8-11,13-14H2,1-2H3;1-2H,(H,5,6)(H,7,8). The smallest absolute Gasteiger partial charge is 0.328 e. The van der Waals surface area contributed by atoms with Gasteiger partial charge in [0.1, 0.15) is 0 Å². The number of hydrogen-bond acceptors (Lipinski definition) is 5. The molecule has 0 radical (unpaired) electrons. The molecule has 2 heterocycles. The first kappa shape index (κ1) is 23.5. The van der Waals surface area contributed by atoms with Gasteiger partial charge in [-0.15, -0.1) is 0 Å². The van der Waals surface area contributed by atoms with Crippen LogP contribution in [-0.4, -0.2) is 57.7 Å². The lowest BCUT2D eigenvalue weighted by molar-refractivity contribution is -0.134. The van der Waals surface area contributed by atoms with Gasteiger partial charge in [0.15, 0.2) is 0 Å². The maximum absolute atomic E-state index is 9.55. The van der Waals surface area contributed by atoms with Crippen molar-refractivity contribution in [1.29, 1.82) is 0 Å². The maximum atomic E-state index is 9.55. The Labute approximate surface area is 177 Å². The van der Waals surface area contributed by atoms with Gasteiger partial charge in [-0.1, -0.05) is 32.0 Å². The number of pyridine rings is 1. The van der Waals surface area contributed by atoms with Crippen molar-refractivity contribution in [3.8, 4) is 0 Å². The van der Waals surface area contributed by atoms with Gasteiger partial charge in [-0.3, -0.25) is 9.88 Å². The third-order valence-corrected chi connectivity index (χ3v) is 4.91. The van der Waals surface area contributed by atoms with E-state index in [4.69, 9.17) is 10.2 Å². The topological polar surface area (TPSA) is 103 Å². The largest absolute Gasteiger partial charge is 0.478 e. The number of hydrogen-bond donors (Lipinski definition) is 3. The molecular weight excluding hydrogens is 382 g/mol. The fraction of sp³-hybridized carbons (Fsp3) is 0.435. The van der Waals surface area contributed by atoms with Crippen molar-refractivity contribution < 1.29 is 19.8 Å². The number of aliphatic carboxylic acids is 2. The number of fused-ring (bicyclic) bond motifs is 1. The quantitative estimate of drug-likeness (QED) is 0.599. The average Bonchev–Trinajstić information content (AvgIpc) is 2.73. The summed E-state index contributed by atoms with van der Waals surface area (Å²) in [5.74, 6) is -1.82. The number of rotatable bonds is 7. The molecule has 0 atom stereocenters. The van der Waals surface area contributed by atoms with Crippen molar-refractivity contribution in [2.75, 3.05) is 19.6 Å². The molecule has 3 N–H and O–H groups in total. The Kier molecular flexibility index (Phi) is 9.44. The number of benzene rings is 1. The SMILES string of the molecule is CC(C)CN(Cc1ccnc2ccccc12)C1CCNCC1.O=C(O)C=CC(=O)O. The van der Waals surface area contributed by atoms with E-state index >= 15 is 0 Å². The molecule has 1 aliphatic heterocycles. The van der Waals surface area contributed by atoms with Crippen LogP contribution in [0.15, 0.2) is 48.7 Å². The van der Waals surface area contributed by atoms with Crippen LogP contribution in [0, 0.1) is 5.92 Å². The van der Waals surface area contributed by atoms with E-state index < -0.39 is 11.9 Å². The summed E-state index contributed by atoms with van der Waals surface area (Å²) in [5.41, 5.74) is 2.51. The number of carbonyl (C=O) groups is 2. The van der Waals surface area contributed by atoms with E-state index in [1.165, 1.54) is 30.3 Å². The zero-order valence-electron chi connectivity index (χ0n) is 17.6. The van der Waals surface area contributed by atoms with Gasteiger partial charge in [-0.05, 0) is 49.5 Å². The fourth-order valence-electron chi connectivity index (χ4n) is 3.64. The molecule has 0 spiro atoms. The summed E-state index contributed by atoms with van der Waals surface area (Å²) in [6.45, 7) is 9.14. The molecule has 162 valence electrons. The van der Waals surface area contributed by atoms with Crippen molar-refractivity contribution in [3.05, 3.63) is 54.2 Å². The zero-order chi connectivity index (χ0) is 21.9. The van der Waals surface area contributed by atoms with Crippen molar-refractivity contribution in [2.24, 2.45) is 5.92 Å². The molecule has 0 bridgehead atoms. The van der Waals surface area contributed by atoms with E-state index in [2.05, 4.69) is 59.4 Å². The first-order chi connectivity index (χ1) is 14.4. The first-order valence-corrected chi connectivity index (χ1v) is 10.3. The van der Waals surface area contributed by atoms with E-state index in [9.17, 15) is 9.59 Å². The molecule has 30 heavy (non-hydrogen) atoms. The fourth-order valence-corrected chi connectivity index (χ4v) is 3.64. The number of para-hydroxylation sites is 1. The van der Waals surface area contributed by atoms with Crippen LogP contribution in [-0.2, 0) is 16.1 Å². The minimum atomic E-state index is -1.26. The second-order valence-corrected chi connectivity index (χ2v) is 7.80. The second-order valence-electron chi connectivity index (χ2n) is 7.80. The van der Waals surface area contributed by atoms with Crippen molar-refractivity contribution >= 4 is 22.8 Å². The number of carboxylic acids is 2. The molecule has 0 aliphatic carbocycles. The Morgan fingerprint density at radius 1 is 1.13 bits per heavy atom. The van der Waals surface area contributed by atoms with Crippen LogP contribution >= 0.6 is 0 Å². The van der Waals surface area contributed by atoms with Gasteiger partial charge in [0.25, 0.3) is 0 Å². The molecule has 1 saturated heterocycles. The maximum Gasteiger partial charge on any atom is 0.328 e. The highest BCUT2D eigenvalue weighted by atomic mass is 16.4. The van der Waals surface area contributed by atoms with Gasteiger partial charge in [-0.25, -0.2) is 9.59 Å². The van der Waals surface area contributed by atoms with E-state index in [1.807, 2.05) is 6.20 Å². The molecule has 7 nitrogen and oxygen atoms in total. The molecule has 1 aromatic carbocycles. The molecule has 1 fully saturated rings. The predicted molar refractivity (Wildman–Crippen MR) is 117 cm³/mol. The van der Waals surface area contributed by atoms with Gasteiger partial charge in [0.2, 0.25) is 0 Å². The monoisotopic (exact) mass is 413 g/mol. The minimum Gasteiger partial charge on any atom is -0.478 e. The van der Waals surface area contributed by atoms with Crippen LogP contribution in [0.2, 0.25) is 0 Å². The Hall–Kier alpha value is -2.77.